The van der Waals surface area contributed by atoms with E-state index in [0.717, 1.165) is 31.7 Å². The van der Waals surface area contributed by atoms with Gasteiger partial charge in [-0.1, -0.05) is 48.0 Å². The van der Waals surface area contributed by atoms with E-state index in [4.69, 9.17) is 17.0 Å². The fourth-order valence-corrected chi connectivity index (χ4v) is 2.65. The zero-order valence-electron chi connectivity index (χ0n) is 13.8. The van der Waals surface area contributed by atoms with E-state index in [-0.39, 0.29) is 0 Å². The van der Waals surface area contributed by atoms with Crippen molar-refractivity contribution in [1.82, 2.24) is 10.6 Å². The van der Waals surface area contributed by atoms with Gasteiger partial charge in [-0.2, -0.15) is 0 Å². The summed E-state index contributed by atoms with van der Waals surface area (Å²) in [7, 11) is 1.71. The molecule has 2 aromatic carbocycles. The molecule has 0 aliphatic rings. The molecule has 0 spiro atoms. The van der Waals surface area contributed by atoms with Crippen molar-refractivity contribution in [2.24, 2.45) is 0 Å². The van der Waals surface area contributed by atoms with Crippen molar-refractivity contribution in [1.29, 1.82) is 0 Å². The minimum absolute atomic E-state index is 0.701. The van der Waals surface area contributed by atoms with Gasteiger partial charge in [0.15, 0.2) is 5.11 Å². The fraction of sp³-hybridized carbons (Fsp3) is 0.316. The third-order valence-corrected chi connectivity index (χ3v) is 3.95. The SMILES string of the molecule is COc1ccc(C)cc1CCNC(=S)NCCc1ccccc1. The molecule has 122 valence electrons. The number of ether oxygens (including phenoxy) is 1. The molecule has 0 bridgehead atoms. The average Bonchev–Trinajstić information content (AvgIpc) is 2.56. The molecule has 0 saturated carbocycles. The summed E-state index contributed by atoms with van der Waals surface area (Å²) in [6.07, 6.45) is 1.85. The van der Waals surface area contributed by atoms with Crippen molar-refractivity contribution < 1.29 is 4.74 Å². The van der Waals surface area contributed by atoms with Crippen LogP contribution in [0.25, 0.3) is 0 Å². The number of aryl methyl sites for hydroxylation is 1. The predicted octanol–water partition coefficient (Wildman–Crippen LogP) is 3.25. The molecule has 0 aromatic heterocycles. The van der Waals surface area contributed by atoms with Gasteiger partial charge in [0.1, 0.15) is 5.75 Å². The predicted molar refractivity (Wildman–Crippen MR) is 100 cm³/mol. The highest BCUT2D eigenvalue weighted by Gasteiger charge is 2.03. The van der Waals surface area contributed by atoms with Crippen LogP contribution in [0.15, 0.2) is 48.5 Å². The highest BCUT2D eigenvalue weighted by Crippen LogP contribution is 2.19. The maximum absolute atomic E-state index is 5.40. The van der Waals surface area contributed by atoms with Crippen LogP contribution in [0.2, 0.25) is 0 Å². The molecule has 0 amide bonds. The molecule has 2 rings (SSSR count). The molecule has 0 aliphatic heterocycles. The zero-order chi connectivity index (χ0) is 16.5. The molecule has 2 N–H and O–H groups in total. The van der Waals surface area contributed by atoms with E-state index < -0.39 is 0 Å². The van der Waals surface area contributed by atoms with Crippen molar-refractivity contribution >= 4 is 17.3 Å². The van der Waals surface area contributed by atoms with Gasteiger partial charge in [-0.25, -0.2) is 0 Å². The van der Waals surface area contributed by atoms with Crippen LogP contribution in [-0.2, 0) is 12.8 Å². The minimum Gasteiger partial charge on any atom is -0.496 e. The first kappa shape index (κ1) is 17.3. The Morgan fingerprint density at radius 2 is 1.70 bits per heavy atom. The number of hydrogen-bond donors (Lipinski definition) is 2. The molecule has 0 aliphatic carbocycles. The highest BCUT2D eigenvalue weighted by atomic mass is 32.1. The number of benzene rings is 2. The maximum Gasteiger partial charge on any atom is 0.166 e. The highest BCUT2D eigenvalue weighted by molar-refractivity contribution is 7.80. The number of methoxy groups -OCH3 is 1. The van der Waals surface area contributed by atoms with E-state index in [1.54, 1.807) is 7.11 Å². The van der Waals surface area contributed by atoms with E-state index in [1.807, 2.05) is 12.1 Å². The molecule has 3 nitrogen and oxygen atoms in total. The first-order valence-corrected chi connectivity index (χ1v) is 8.29. The summed E-state index contributed by atoms with van der Waals surface area (Å²) in [6.45, 7) is 3.72. The van der Waals surface area contributed by atoms with E-state index >= 15 is 0 Å². The first-order valence-electron chi connectivity index (χ1n) is 7.88. The second kappa shape index (κ2) is 9.16. The van der Waals surface area contributed by atoms with Crippen LogP contribution in [0.4, 0.5) is 0 Å². The van der Waals surface area contributed by atoms with Gasteiger partial charge in [-0.15, -0.1) is 0 Å². The third kappa shape index (κ3) is 5.91. The van der Waals surface area contributed by atoms with Gasteiger partial charge in [-0.3, -0.25) is 0 Å². The Labute approximate surface area is 144 Å². The lowest BCUT2D eigenvalue weighted by Crippen LogP contribution is -2.37. The second-order valence-electron chi connectivity index (χ2n) is 5.48. The molecule has 0 fully saturated rings. The second-order valence-corrected chi connectivity index (χ2v) is 5.89. The van der Waals surface area contributed by atoms with Gasteiger partial charge in [0.2, 0.25) is 0 Å². The Morgan fingerprint density at radius 1 is 1.00 bits per heavy atom. The van der Waals surface area contributed by atoms with Crippen molar-refractivity contribution in [3.63, 3.8) is 0 Å². The molecule has 23 heavy (non-hydrogen) atoms. The van der Waals surface area contributed by atoms with E-state index in [0.29, 0.717) is 5.11 Å². The van der Waals surface area contributed by atoms with Crippen molar-refractivity contribution in [2.45, 2.75) is 19.8 Å². The van der Waals surface area contributed by atoms with Crippen molar-refractivity contribution in [3.8, 4) is 5.75 Å². The van der Waals surface area contributed by atoms with Crippen LogP contribution in [0.5, 0.6) is 5.75 Å². The lowest BCUT2D eigenvalue weighted by Gasteiger charge is -2.12. The third-order valence-electron chi connectivity index (χ3n) is 3.66. The van der Waals surface area contributed by atoms with Crippen LogP contribution < -0.4 is 15.4 Å². The van der Waals surface area contributed by atoms with Crippen LogP contribution in [0.1, 0.15) is 16.7 Å². The zero-order valence-corrected chi connectivity index (χ0v) is 14.6. The van der Waals surface area contributed by atoms with Crippen LogP contribution in [0.3, 0.4) is 0 Å². The topological polar surface area (TPSA) is 33.3 Å². The van der Waals surface area contributed by atoms with Gasteiger partial charge >= 0.3 is 0 Å². The normalized spacial score (nSPS) is 10.2. The number of nitrogens with one attached hydrogen (secondary N) is 2. The van der Waals surface area contributed by atoms with Crippen LogP contribution in [-0.4, -0.2) is 25.3 Å². The largest absolute Gasteiger partial charge is 0.496 e. The Hall–Kier alpha value is -2.07. The van der Waals surface area contributed by atoms with Crippen molar-refractivity contribution in [3.05, 3.63) is 65.2 Å². The summed E-state index contributed by atoms with van der Waals surface area (Å²) < 4.78 is 5.40. The molecular formula is C19H24N2OS. The maximum atomic E-state index is 5.40. The van der Waals surface area contributed by atoms with Gasteiger partial charge in [0.25, 0.3) is 0 Å². The summed E-state index contributed by atoms with van der Waals surface area (Å²) in [5, 5.41) is 7.20. The lowest BCUT2D eigenvalue weighted by atomic mass is 10.1. The van der Waals surface area contributed by atoms with Gasteiger partial charge < -0.3 is 15.4 Å². The number of thiocarbonyl (C=S) groups is 1. The Balaban J connectivity index is 1.70. The Morgan fingerprint density at radius 3 is 2.39 bits per heavy atom. The summed E-state index contributed by atoms with van der Waals surface area (Å²) in [5.74, 6) is 0.931. The van der Waals surface area contributed by atoms with Crippen LogP contribution >= 0.6 is 12.2 Å². The molecule has 0 heterocycles. The van der Waals surface area contributed by atoms with Gasteiger partial charge in [0.05, 0.1) is 7.11 Å². The molecule has 0 radical (unpaired) electrons. The minimum atomic E-state index is 0.701. The number of rotatable bonds is 7. The van der Waals surface area contributed by atoms with Gasteiger partial charge in [-0.05, 0) is 49.2 Å². The molecule has 4 heteroatoms. The van der Waals surface area contributed by atoms with Gasteiger partial charge in [0, 0.05) is 13.1 Å². The first-order chi connectivity index (χ1) is 11.2. The summed E-state index contributed by atoms with van der Waals surface area (Å²) in [4.78, 5) is 0. The monoisotopic (exact) mass is 328 g/mol. The molecule has 0 atom stereocenters. The van der Waals surface area contributed by atoms with Crippen molar-refractivity contribution in [2.75, 3.05) is 20.2 Å². The Kier molecular flexibility index (Phi) is 6.88. The molecule has 0 saturated heterocycles. The average molecular weight is 328 g/mol. The smallest absolute Gasteiger partial charge is 0.166 e. The number of hydrogen-bond acceptors (Lipinski definition) is 2. The summed E-state index contributed by atoms with van der Waals surface area (Å²) >= 11 is 5.32. The molecule has 2 aromatic rings. The summed E-state index contributed by atoms with van der Waals surface area (Å²) in [5.41, 5.74) is 3.75. The van der Waals surface area contributed by atoms with Crippen LogP contribution in [0, 0.1) is 6.92 Å². The lowest BCUT2D eigenvalue weighted by molar-refractivity contribution is 0.409. The van der Waals surface area contributed by atoms with E-state index in [2.05, 4.69) is 54.0 Å². The molecular weight excluding hydrogens is 304 g/mol. The fourth-order valence-electron chi connectivity index (χ4n) is 2.44. The molecule has 0 unspecified atom stereocenters. The van der Waals surface area contributed by atoms with E-state index in [9.17, 15) is 0 Å². The Bertz CT molecular complexity index is 629. The quantitative estimate of drug-likeness (QED) is 0.765. The standard InChI is InChI=1S/C19H24N2OS/c1-15-8-9-18(22-2)17(14-15)11-13-21-19(23)20-12-10-16-6-4-3-5-7-16/h3-9,14H,10-13H2,1-2H3,(H2,20,21,23). The van der Waals surface area contributed by atoms with E-state index in [1.165, 1.54) is 16.7 Å². The summed E-state index contributed by atoms with van der Waals surface area (Å²) in [6, 6.07) is 16.6.